The van der Waals surface area contributed by atoms with Gasteiger partial charge >= 0.3 is 6.03 Å². The number of rotatable bonds is 2. The zero-order valence-electron chi connectivity index (χ0n) is 10.6. The number of pyridine rings is 1. The molecule has 2 aromatic heterocycles. The number of anilines is 2. The van der Waals surface area contributed by atoms with E-state index in [1.165, 1.54) is 0 Å². The van der Waals surface area contributed by atoms with Gasteiger partial charge < -0.3 is 0 Å². The second-order valence-corrected chi connectivity index (χ2v) is 4.04. The molecule has 2 rings (SSSR count). The van der Waals surface area contributed by atoms with Crippen LogP contribution in [0.4, 0.5) is 16.4 Å². The summed E-state index contributed by atoms with van der Waals surface area (Å²) >= 11 is 0. The molecule has 94 valence electrons. The molecule has 0 aromatic carbocycles. The zero-order chi connectivity index (χ0) is 13.1. The number of carbonyl (C=O) groups is 1. The maximum atomic E-state index is 11.7. The molecule has 2 amide bonds. The number of nitrogens with one attached hydrogen (secondary N) is 2. The topological polar surface area (TPSA) is 71.8 Å². The van der Waals surface area contributed by atoms with Gasteiger partial charge in [0.15, 0.2) is 5.82 Å². The molecule has 0 saturated heterocycles. The highest BCUT2D eigenvalue weighted by Crippen LogP contribution is 2.08. The number of hydrogen-bond donors (Lipinski definition) is 2. The molecule has 0 spiro atoms. The van der Waals surface area contributed by atoms with Crippen molar-refractivity contribution in [1.29, 1.82) is 0 Å². The summed E-state index contributed by atoms with van der Waals surface area (Å²) in [4.78, 5) is 15.9. The Bertz CT molecular complexity index is 556. The van der Waals surface area contributed by atoms with Crippen LogP contribution < -0.4 is 10.6 Å². The number of hydrogen-bond acceptors (Lipinski definition) is 3. The molecule has 0 unspecified atom stereocenters. The fourth-order valence-corrected chi connectivity index (χ4v) is 1.50. The van der Waals surface area contributed by atoms with Gasteiger partial charge in [0.2, 0.25) is 0 Å². The average Bonchev–Trinajstić information content (AvgIpc) is 2.57. The summed E-state index contributed by atoms with van der Waals surface area (Å²) in [5.41, 5.74) is 1.82. The Kier molecular flexibility index (Phi) is 3.27. The maximum absolute atomic E-state index is 11.7. The van der Waals surface area contributed by atoms with Gasteiger partial charge in [0.25, 0.3) is 0 Å². The molecule has 0 radical (unpaired) electrons. The van der Waals surface area contributed by atoms with Crippen molar-refractivity contribution in [2.24, 2.45) is 7.05 Å². The first-order chi connectivity index (χ1) is 8.54. The summed E-state index contributed by atoms with van der Waals surface area (Å²) in [5.74, 6) is 1.03. The van der Waals surface area contributed by atoms with E-state index in [0.29, 0.717) is 11.6 Å². The Balaban J connectivity index is 2.01. The summed E-state index contributed by atoms with van der Waals surface area (Å²) < 4.78 is 1.69. The third-order valence-corrected chi connectivity index (χ3v) is 2.49. The summed E-state index contributed by atoms with van der Waals surface area (Å²) in [7, 11) is 1.82. The van der Waals surface area contributed by atoms with Gasteiger partial charge in [0.05, 0.1) is 0 Å². The Labute approximate surface area is 105 Å². The molecule has 0 aliphatic carbocycles. The first kappa shape index (κ1) is 12.1. The second-order valence-electron chi connectivity index (χ2n) is 4.04. The molecule has 0 fully saturated rings. The van der Waals surface area contributed by atoms with E-state index in [9.17, 15) is 4.79 Å². The highest BCUT2D eigenvalue weighted by atomic mass is 16.2. The first-order valence-electron chi connectivity index (χ1n) is 5.57. The van der Waals surface area contributed by atoms with Crippen LogP contribution in [0.2, 0.25) is 0 Å². The van der Waals surface area contributed by atoms with Crippen molar-refractivity contribution in [3.05, 3.63) is 35.7 Å². The summed E-state index contributed by atoms with van der Waals surface area (Å²) in [5, 5.41) is 9.43. The van der Waals surface area contributed by atoms with Gasteiger partial charge in [-0.1, -0.05) is 6.07 Å². The van der Waals surface area contributed by atoms with Gasteiger partial charge in [-0.3, -0.25) is 15.3 Å². The van der Waals surface area contributed by atoms with Crippen LogP contribution in [0.5, 0.6) is 0 Å². The van der Waals surface area contributed by atoms with E-state index >= 15 is 0 Å². The van der Waals surface area contributed by atoms with Gasteiger partial charge in [-0.2, -0.15) is 5.10 Å². The van der Waals surface area contributed by atoms with E-state index in [4.69, 9.17) is 0 Å². The number of aryl methyl sites for hydroxylation is 3. The number of carbonyl (C=O) groups excluding carboxylic acids is 1. The molecular formula is C12H15N5O. The molecule has 0 saturated carbocycles. The predicted octanol–water partition coefficient (Wildman–Crippen LogP) is 2.08. The van der Waals surface area contributed by atoms with Crippen molar-refractivity contribution < 1.29 is 4.79 Å². The molecule has 18 heavy (non-hydrogen) atoms. The Morgan fingerprint density at radius 2 is 1.94 bits per heavy atom. The van der Waals surface area contributed by atoms with E-state index in [1.54, 1.807) is 16.8 Å². The van der Waals surface area contributed by atoms with Crippen molar-refractivity contribution in [2.75, 3.05) is 10.6 Å². The van der Waals surface area contributed by atoms with Crippen molar-refractivity contribution >= 4 is 17.7 Å². The van der Waals surface area contributed by atoms with Gasteiger partial charge in [0, 0.05) is 24.5 Å². The maximum Gasteiger partial charge on any atom is 0.326 e. The molecule has 0 aliphatic heterocycles. The fraction of sp³-hybridized carbons (Fsp3) is 0.250. The third kappa shape index (κ3) is 2.85. The SMILES string of the molecule is Cc1cccc(NC(=O)Nc2cc(C)n(C)n2)n1. The van der Waals surface area contributed by atoms with Crippen LogP contribution in [0.3, 0.4) is 0 Å². The Hall–Kier alpha value is -2.37. The lowest BCUT2D eigenvalue weighted by molar-refractivity contribution is 0.262. The lowest BCUT2D eigenvalue weighted by atomic mass is 10.4. The monoisotopic (exact) mass is 245 g/mol. The number of urea groups is 1. The van der Waals surface area contributed by atoms with Crippen molar-refractivity contribution in [3.63, 3.8) is 0 Å². The Morgan fingerprint density at radius 1 is 1.22 bits per heavy atom. The number of amides is 2. The first-order valence-corrected chi connectivity index (χ1v) is 5.57. The minimum absolute atomic E-state index is 0.355. The molecule has 2 aromatic rings. The molecule has 2 heterocycles. The van der Waals surface area contributed by atoms with Gasteiger partial charge in [-0.25, -0.2) is 9.78 Å². The Morgan fingerprint density at radius 3 is 2.56 bits per heavy atom. The highest BCUT2D eigenvalue weighted by Gasteiger charge is 2.06. The summed E-state index contributed by atoms with van der Waals surface area (Å²) in [6.45, 7) is 3.78. The lowest BCUT2D eigenvalue weighted by Crippen LogP contribution is -2.20. The highest BCUT2D eigenvalue weighted by molar-refractivity contribution is 5.98. The lowest BCUT2D eigenvalue weighted by Gasteiger charge is -2.04. The normalized spacial score (nSPS) is 10.2. The van der Waals surface area contributed by atoms with E-state index in [-0.39, 0.29) is 6.03 Å². The zero-order valence-corrected chi connectivity index (χ0v) is 10.6. The quantitative estimate of drug-likeness (QED) is 0.850. The van der Waals surface area contributed by atoms with Gasteiger partial charge in [0.1, 0.15) is 5.82 Å². The van der Waals surface area contributed by atoms with Crippen LogP contribution in [0.25, 0.3) is 0 Å². The summed E-state index contributed by atoms with van der Waals surface area (Å²) in [6, 6.07) is 6.87. The van der Waals surface area contributed by atoms with E-state index in [1.807, 2.05) is 33.0 Å². The van der Waals surface area contributed by atoms with Gasteiger partial charge in [-0.05, 0) is 26.0 Å². The predicted molar refractivity (Wildman–Crippen MR) is 69.6 cm³/mol. The molecule has 6 heteroatoms. The molecule has 6 nitrogen and oxygen atoms in total. The second kappa shape index (κ2) is 4.87. The minimum atomic E-state index is -0.355. The fourth-order valence-electron chi connectivity index (χ4n) is 1.50. The molecule has 0 aliphatic rings. The van der Waals surface area contributed by atoms with Crippen LogP contribution in [-0.4, -0.2) is 20.8 Å². The van der Waals surface area contributed by atoms with Crippen LogP contribution >= 0.6 is 0 Å². The molecule has 0 bridgehead atoms. The van der Waals surface area contributed by atoms with Crippen molar-refractivity contribution in [2.45, 2.75) is 13.8 Å². The average molecular weight is 245 g/mol. The van der Waals surface area contributed by atoms with Crippen LogP contribution in [0.1, 0.15) is 11.4 Å². The summed E-state index contributed by atoms with van der Waals surface area (Å²) in [6.07, 6.45) is 0. The third-order valence-electron chi connectivity index (χ3n) is 2.49. The van der Waals surface area contributed by atoms with E-state index < -0.39 is 0 Å². The van der Waals surface area contributed by atoms with E-state index in [0.717, 1.165) is 11.4 Å². The van der Waals surface area contributed by atoms with Crippen LogP contribution in [-0.2, 0) is 7.05 Å². The van der Waals surface area contributed by atoms with E-state index in [2.05, 4.69) is 20.7 Å². The standard InChI is InChI=1S/C12H15N5O/c1-8-5-4-6-10(13-8)14-12(18)15-11-7-9(2)17(3)16-11/h4-7H,1-3H3,(H2,13,14,15,16,18). The number of nitrogens with zero attached hydrogens (tertiary/aromatic N) is 3. The number of aromatic nitrogens is 3. The van der Waals surface area contributed by atoms with Gasteiger partial charge in [-0.15, -0.1) is 0 Å². The van der Waals surface area contributed by atoms with Crippen molar-refractivity contribution in [3.8, 4) is 0 Å². The molecular weight excluding hydrogens is 230 g/mol. The smallest absolute Gasteiger partial charge is 0.292 e. The van der Waals surface area contributed by atoms with Crippen molar-refractivity contribution in [1.82, 2.24) is 14.8 Å². The molecule has 0 atom stereocenters. The largest absolute Gasteiger partial charge is 0.326 e. The van der Waals surface area contributed by atoms with Crippen LogP contribution in [0, 0.1) is 13.8 Å². The van der Waals surface area contributed by atoms with Crippen LogP contribution in [0.15, 0.2) is 24.3 Å². The molecule has 2 N–H and O–H groups in total. The minimum Gasteiger partial charge on any atom is -0.292 e.